The number of carbonyl (C=O) groups excluding carboxylic acids is 1. The van der Waals surface area contributed by atoms with Crippen molar-refractivity contribution in [1.29, 1.82) is 0 Å². The van der Waals surface area contributed by atoms with Crippen LogP contribution in [0.2, 0.25) is 0 Å². The third-order valence-corrected chi connectivity index (χ3v) is 4.73. The Morgan fingerprint density at radius 1 is 1.36 bits per heavy atom. The first-order valence-electron chi connectivity index (χ1n) is 7.22. The number of likely N-dealkylation sites (tertiary alicyclic amines) is 1. The van der Waals surface area contributed by atoms with Crippen molar-refractivity contribution < 1.29 is 27.7 Å². The van der Waals surface area contributed by atoms with Crippen molar-refractivity contribution >= 4 is 22.1 Å². The van der Waals surface area contributed by atoms with E-state index >= 15 is 0 Å². The SMILES string of the molecule is CC(C)[C@@H](C(=O)O)N(C)C(=O)N1CCCC(CS(=O)(=O)O)C1. The molecular weight excluding hydrogens is 312 g/mol. The summed E-state index contributed by atoms with van der Waals surface area (Å²) in [6, 6.07) is -1.37. The first kappa shape index (κ1) is 18.7. The Morgan fingerprint density at radius 3 is 2.41 bits per heavy atom. The fourth-order valence-corrected chi connectivity index (χ4v) is 3.78. The van der Waals surface area contributed by atoms with E-state index in [2.05, 4.69) is 0 Å². The van der Waals surface area contributed by atoms with Gasteiger partial charge in [-0.15, -0.1) is 0 Å². The second kappa shape index (κ2) is 7.28. The van der Waals surface area contributed by atoms with Crippen LogP contribution in [0.25, 0.3) is 0 Å². The van der Waals surface area contributed by atoms with E-state index in [4.69, 9.17) is 4.55 Å². The maximum absolute atomic E-state index is 12.4. The molecule has 0 radical (unpaired) electrons. The number of carboxylic acids is 1. The quantitative estimate of drug-likeness (QED) is 0.716. The number of piperidine rings is 1. The van der Waals surface area contributed by atoms with Crippen LogP contribution < -0.4 is 0 Å². The van der Waals surface area contributed by atoms with Gasteiger partial charge in [0, 0.05) is 20.1 Å². The summed E-state index contributed by atoms with van der Waals surface area (Å²) in [5.74, 6) is -2.03. The Morgan fingerprint density at radius 2 is 1.95 bits per heavy atom. The number of aliphatic carboxylic acids is 1. The minimum Gasteiger partial charge on any atom is -0.480 e. The zero-order valence-corrected chi connectivity index (χ0v) is 13.9. The van der Waals surface area contributed by atoms with Gasteiger partial charge >= 0.3 is 12.0 Å². The van der Waals surface area contributed by atoms with Crippen LogP contribution >= 0.6 is 0 Å². The maximum Gasteiger partial charge on any atom is 0.326 e. The summed E-state index contributed by atoms with van der Waals surface area (Å²) in [6.07, 6.45) is 1.24. The average molecular weight is 336 g/mol. The molecule has 0 spiro atoms. The van der Waals surface area contributed by atoms with E-state index in [1.807, 2.05) is 0 Å². The Hall–Kier alpha value is -1.35. The number of likely N-dealkylation sites (N-methyl/N-ethyl adjacent to an activating group) is 1. The minimum absolute atomic E-state index is 0.202. The molecule has 9 heteroatoms. The lowest BCUT2D eigenvalue weighted by atomic mass is 10.00. The molecular formula is C13H24N2O6S. The van der Waals surface area contributed by atoms with E-state index in [0.717, 1.165) is 0 Å². The molecule has 1 unspecified atom stereocenters. The number of carboxylic acid groups (broad SMARTS) is 1. The van der Waals surface area contributed by atoms with Gasteiger partial charge in [-0.2, -0.15) is 8.42 Å². The molecule has 2 N–H and O–H groups in total. The molecule has 1 aliphatic heterocycles. The monoisotopic (exact) mass is 336 g/mol. The Bertz CT molecular complexity index is 519. The first-order valence-corrected chi connectivity index (χ1v) is 8.83. The van der Waals surface area contributed by atoms with Crippen molar-refractivity contribution in [2.45, 2.75) is 32.7 Å². The van der Waals surface area contributed by atoms with Gasteiger partial charge < -0.3 is 14.9 Å². The normalized spacial score (nSPS) is 20.8. The topological polar surface area (TPSA) is 115 Å². The van der Waals surface area contributed by atoms with Gasteiger partial charge in [-0.3, -0.25) is 4.55 Å². The summed E-state index contributed by atoms with van der Waals surface area (Å²) in [4.78, 5) is 26.4. The van der Waals surface area contributed by atoms with Crippen LogP contribution in [0, 0.1) is 11.8 Å². The van der Waals surface area contributed by atoms with Crippen LogP contribution in [0.5, 0.6) is 0 Å². The van der Waals surface area contributed by atoms with E-state index < -0.39 is 28.2 Å². The smallest absolute Gasteiger partial charge is 0.326 e. The Kier molecular flexibility index (Phi) is 6.18. The molecule has 0 aromatic rings. The van der Waals surface area contributed by atoms with Gasteiger partial charge in [0.05, 0.1) is 5.75 Å². The largest absolute Gasteiger partial charge is 0.480 e. The number of urea groups is 1. The molecule has 0 saturated carbocycles. The summed E-state index contributed by atoms with van der Waals surface area (Å²) in [6.45, 7) is 4.10. The number of amides is 2. The van der Waals surface area contributed by atoms with Crippen molar-refractivity contribution in [3.05, 3.63) is 0 Å². The molecule has 2 amide bonds. The second-order valence-electron chi connectivity index (χ2n) is 6.12. The fraction of sp³-hybridized carbons (Fsp3) is 0.846. The highest BCUT2D eigenvalue weighted by molar-refractivity contribution is 7.85. The predicted molar refractivity (Wildman–Crippen MR) is 80.1 cm³/mol. The highest BCUT2D eigenvalue weighted by atomic mass is 32.2. The molecule has 1 fully saturated rings. The molecule has 128 valence electrons. The molecule has 0 aromatic heterocycles. The van der Waals surface area contributed by atoms with Crippen LogP contribution in [0.1, 0.15) is 26.7 Å². The number of rotatable bonds is 5. The van der Waals surface area contributed by atoms with Crippen molar-refractivity contribution in [2.75, 3.05) is 25.9 Å². The van der Waals surface area contributed by atoms with E-state index in [-0.39, 0.29) is 24.1 Å². The van der Waals surface area contributed by atoms with Gasteiger partial charge in [-0.05, 0) is 24.7 Å². The van der Waals surface area contributed by atoms with Crippen molar-refractivity contribution in [3.8, 4) is 0 Å². The molecule has 1 saturated heterocycles. The van der Waals surface area contributed by atoms with Gasteiger partial charge in [0.15, 0.2) is 0 Å². The molecule has 22 heavy (non-hydrogen) atoms. The van der Waals surface area contributed by atoms with Crippen LogP contribution in [0.15, 0.2) is 0 Å². The van der Waals surface area contributed by atoms with Gasteiger partial charge in [0.2, 0.25) is 0 Å². The van der Waals surface area contributed by atoms with Crippen molar-refractivity contribution in [1.82, 2.24) is 9.80 Å². The van der Waals surface area contributed by atoms with E-state index in [1.165, 1.54) is 16.8 Å². The van der Waals surface area contributed by atoms with E-state index in [9.17, 15) is 23.1 Å². The summed E-state index contributed by atoms with van der Waals surface area (Å²) < 4.78 is 30.8. The molecule has 0 aliphatic carbocycles. The Labute approximate surface area is 130 Å². The zero-order valence-electron chi connectivity index (χ0n) is 13.1. The lowest BCUT2D eigenvalue weighted by molar-refractivity contribution is -0.143. The third-order valence-electron chi connectivity index (χ3n) is 3.84. The van der Waals surface area contributed by atoms with Crippen LogP contribution in [0.4, 0.5) is 4.79 Å². The van der Waals surface area contributed by atoms with Crippen LogP contribution in [0.3, 0.4) is 0 Å². The summed E-state index contributed by atoms with van der Waals surface area (Å²) in [7, 11) is -2.64. The maximum atomic E-state index is 12.4. The van der Waals surface area contributed by atoms with Crippen molar-refractivity contribution in [2.24, 2.45) is 11.8 Å². The predicted octanol–water partition coefficient (Wildman–Crippen LogP) is 0.747. The number of hydrogen-bond acceptors (Lipinski definition) is 4. The Balaban J connectivity index is 2.77. The summed E-state index contributed by atoms with van der Waals surface area (Å²) in [5.41, 5.74) is 0. The van der Waals surface area contributed by atoms with Crippen LogP contribution in [-0.4, -0.2) is 71.8 Å². The molecule has 2 atom stereocenters. The van der Waals surface area contributed by atoms with Crippen LogP contribution in [-0.2, 0) is 14.9 Å². The average Bonchev–Trinajstić information content (AvgIpc) is 2.35. The number of carbonyl (C=O) groups is 2. The first-order chi connectivity index (χ1) is 10.0. The van der Waals surface area contributed by atoms with E-state index in [1.54, 1.807) is 13.8 Å². The lowest BCUT2D eigenvalue weighted by Crippen LogP contribution is -2.53. The van der Waals surface area contributed by atoms with Gasteiger partial charge in [0.25, 0.3) is 10.1 Å². The molecule has 8 nitrogen and oxygen atoms in total. The zero-order chi connectivity index (χ0) is 17.1. The highest BCUT2D eigenvalue weighted by Gasteiger charge is 2.34. The standard InChI is InChI=1S/C13H24N2O6S/c1-9(2)11(12(16)17)14(3)13(18)15-6-4-5-10(7-15)8-22(19,20)21/h9-11H,4-8H2,1-3H3,(H,16,17)(H,19,20,21)/t10?,11-/m0/s1. The highest BCUT2D eigenvalue weighted by Crippen LogP contribution is 2.20. The summed E-state index contributed by atoms with van der Waals surface area (Å²) >= 11 is 0. The molecule has 1 heterocycles. The number of nitrogens with zero attached hydrogens (tertiary/aromatic N) is 2. The summed E-state index contributed by atoms with van der Waals surface area (Å²) in [5, 5.41) is 9.24. The minimum atomic E-state index is -4.08. The van der Waals surface area contributed by atoms with Gasteiger partial charge in [-0.25, -0.2) is 9.59 Å². The molecule has 0 bridgehead atoms. The van der Waals surface area contributed by atoms with E-state index in [0.29, 0.717) is 19.4 Å². The van der Waals surface area contributed by atoms with Crippen molar-refractivity contribution in [3.63, 3.8) is 0 Å². The molecule has 0 aromatic carbocycles. The lowest BCUT2D eigenvalue weighted by Gasteiger charge is -2.37. The third kappa shape index (κ3) is 5.13. The molecule has 1 aliphatic rings. The second-order valence-corrected chi connectivity index (χ2v) is 7.62. The van der Waals surface area contributed by atoms with Gasteiger partial charge in [0.1, 0.15) is 6.04 Å². The number of hydrogen-bond donors (Lipinski definition) is 2. The molecule has 1 rings (SSSR count). The fourth-order valence-electron chi connectivity index (χ4n) is 2.91. The van der Waals surface area contributed by atoms with Gasteiger partial charge in [-0.1, -0.05) is 13.8 Å².